The normalized spacial score (nSPS) is 12.6. The molecule has 0 saturated heterocycles. The highest BCUT2D eigenvalue weighted by atomic mass is 35.5. The van der Waals surface area contributed by atoms with E-state index < -0.39 is 0 Å². The minimum absolute atomic E-state index is 0.245. The molecule has 0 spiro atoms. The van der Waals surface area contributed by atoms with Crippen LogP contribution in [0, 0.1) is 0 Å². The molecule has 102 valence electrons. The van der Waals surface area contributed by atoms with E-state index in [4.69, 9.17) is 28.9 Å². The number of benzene rings is 1. The number of rotatable bonds is 5. The van der Waals surface area contributed by atoms with Crippen LogP contribution in [0.25, 0.3) is 0 Å². The highest BCUT2D eigenvalue weighted by Crippen LogP contribution is 2.29. The summed E-state index contributed by atoms with van der Waals surface area (Å²) in [6, 6.07) is 3.92. The molecule has 0 aliphatic carbocycles. The van der Waals surface area contributed by atoms with Crippen LogP contribution in [0.3, 0.4) is 0 Å². The van der Waals surface area contributed by atoms with Crippen molar-refractivity contribution >= 4 is 40.2 Å². The number of nitrogens with one attached hydrogen (secondary N) is 1. The Morgan fingerprint density at radius 3 is 2.58 bits per heavy atom. The molecule has 1 heterocycles. The summed E-state index contributed by atoms with van der Waals surface area (Å²) in [5.41, 5.74) is 7.16. The van der Waals surface area contributed by atoms with Crippen molar-refractivity contribution in [1.82, 2.24) is 10.3 Å². The number of halogens is 2. The SMILES string of the molecule is CCC(NCc1cc(Cl)c(N)c(Cl)c1)c1nccs1. The molecule has 0 aliphatic heterocycles. The van der Waals surface area contributed by atoms with Gasteiger partial charge in [-0.1, -0.05) is 30.1 Å². The van der Waals surface area contributed by atoms with Crippen LogP contribution in [0.4, 0.5) is 5.69 Å². The van der Waals surface area contributed by atoms with Gasteiger partial charge in [-0.05, 0) is 24.1 Å². The number of nitrogens with two attached hydrogens (primary N) is 1. The Kier molecular flexibility index (Phi) is 5.05. The van der Waals surface area contributed by atoms with Gasteiger partial charge in [0.2, 0.25) is 0 Å². The van der Waals surface area contributed by atoms with Crippen LogP contribution >= 0.6 is 34.5 Å². The summed E-state index contributed by atoms with van der Waals surface area (Å²) in [4.78, 5) is 4.33. The van der Waals surface area contributed by atoms with E-state index in [0.717, 1.165) is 17.0 Å². The maximum Gasteiger partial charge on any atom is 0.109 e. The predicted molar refractivity (Wildman–Crippen MR) is 82.9 cm³/mol. The molecule has 3 N–H and O–H groups in total. The average Bonchev–Trinajstić information content (AvgIpc) is 2.90. The Morgan fingerprint density at radius 2 is 2.05 bits per heavy atom. The van der Waals surface area contributed by atoms with Crippen molar-refractivity contribution in [1.29, 1.82) is 0 Å². The van der Waals surface area contributed by atoms with E-state index in [1.165, 1.54) is 0 Å². The number of nitrogen functional groups attached to an aromatic ring is 1. The lowest BCUT2D eigenvalue weighted by Crippen LogP contribution is -2.20. The van der Waals surface area contributed by atoms with Gasteiger partial charge in [-0.3, -0.25) is 0 Å². The van der Waals surface area contributed by atoms with E-state index in [1.807, 2.05) is 23.7 Å². The number of hydrogen-bond acceptors (Lipinski definition) is 4. The molecule has 1 unspecified atom stereocenters. The largest absolute Gasteiger partial charge is 0.396 e. The van der Waals surface area contributed by atoms with Crippen LogP contribution in [0.15, 0.2) is 23.7 Å². The van der Waals surface area contributed by atoms with E-state index in [2.05, 4.69) is 17.2 Å². The van der Waals surface area contributed by atoms with Crippen LogP contribution in [-0.2, 0) is 6.54 Å². The van der Waals surface area contributed by atoms with Crippen molar-refractivity contribution in [2.45, 2.75) is 25.9 Å². The monoisotopic (exact) mass is 315 g/mol. The molecule has 6 heteroatoms. The molecule has 19 heavy (non-hydrogen) atoms. The van der Waals surface area contributed by atoms with Gasteiger partial charge in [0.05, 0.1) is 21.8 Å². The molecule has 0 amide bonds. The zero-order valence-corrected chi connectivity index (χ0v) is 12.8. The van der Waals surface area contributed by atoms with E-state index >= 15 is 0 Å². The maximum absolute atomic E-state index is 6.02. The quantitative estimate of drug-likeness (QED) is 0.810. The van der Waals surface area contributed by atoms with Gasteiger partial charge in [-0.2, -0.15) is 0 Å². The molecule has 0 saturated carbocycles. The van der Waals surface area contributed by atoms with Crippen molar-refractivity contribution in [3.63, 3.8) is 0 Å². The van der Waals surface area contributed by atoms with Crippen LogP contribution in [-0.4, -0.2) is 4.98 Å². The van der Waals surface area contributed by atoms with Gasteiger partial charge in [-0.25, -0.2) is 4.98 Å². The van der Waals surface area contributed by atoms with Crippen LogP contribution in [0.5, 0.6) is 0 Å². The zero-order valence-electron chi connectivity index (χ0n) is 10.5. The number of aromatic nitrogens is 1. The second-order valence-electron chi connectivity index (χ2n) is 4.19. The molecule has 0 fully saturated rings. The second kappa shape index (κ2) is 6.57. The third kappa shape index (κ3) is 3.60. The first-order chi connectivity index (χ1) is 9.11. The predicted octanol–water partition coefficient (Wildman–Crippen LogP) is 4.27. The lowest BCUT2D eigenvalue weighted by Gasteiger charge is -2.15. The number of hydrogen-bond donors (Lipinski definition) is 2. The molecular weight excluding hydrogens is 301 g/mol. The molecule has 0 bridgehead atoms. The smallest absolute Gasteiger partial charge is 0.109 e. The molecule has 1 aromatic carbocycles. The molecule has 1 aromatic heterocycles. The first kappa shape index (κ1) is 14.6. The lowest BCUT2D eigenvalue weighted by atomic mass is 10.1. The molecule has 2 aromatic rings. The van der Waals surface area contributed by atoms with Gasteiger partial charge in [0.15, 0.2) is 0 Å². The molecule has 1 atom stereocenters. The third-order valence-corrected chi connectivity index (χ3v) is 4.36. The fourth-order valence-corrected chi connectivity index (χ4v) is 3.12. The molecule has 3 nitrogen and oxygen atoms in total. The highest BCUT2D eigenvalue weighted by molar-refractivity contribution is 7.09. The topological polar surface area (TPSA) is 50.9 Å². The summed E-state index contributed by atoms with van der Waals surface area (Å²) < 4.78 is 0. The summed E-state index contributed by atoms with van der Waals surface area (Å²) in [6.07, 6.45) is 2.80. The summed E-state index contributed by atoms with van der Waals surface area (Å²) in [5, 5.41) is 7.51. The number of nitrogens with zero attached hydrogens (tertiary/aromatic N) is 1. The Balaban J connectivity index is 2.06. The van der Waals surface area contributed by atoms with E-state index in [-0.39, 0.29) is 6.04 Å². The second-order valence-corrected chi connectivity index (χ2v) is 5.93. The Hall–Kier alpha value is -0.810. The van der Waals surface area contributed by atoms with Gasteiger partial charge >= 0.3 is 0 Å². The fourth-order valence-electron chi connectivity index (χ4n) is 1.79. The van der Waals surface area contributed by atoms with E-state index in [0.29, 0.717) is 22.3 Å². The number of anilines is 1. The van der Waals surface area contributed by atoms with Crippen molar-refractivity contribution in [2.24, 2.45) is 0 Å². The highest BCUT2D eigenvalue weighted by Gasteiger charge is 2.12. The standard InChI is InChI=1S/C13H15Cl2N3S/c1-2-11(13-17-3-4-19-13)18-7-8-5-9(14)12(16)10(15)6-8/h3-6,11,18H,2,7,16H2,1H3. The van der Waals surface area contributed by atoms with Gasteiger partial charge in [0, 0.05) is 18.1 Å². The van der Waals surface area contributed by atoms with E-state index in [1.54, 1.807) is 11.3 Å². The fraction of sp³-hybridized carbons (Fsp3) is 0.308. The van der Waals surface area contributed by atoms with Gasteiger partial charge < -0.3 is 11.1 Å². The van der Waals surface area contributed by atoms with Crippen LogP contribution < -0.4 is 11.1 Å². The summed E-state index contributed by atoms with van der Waals surface area (Å²) in [5.74, 6) is 0. The van der Waals surface area contributed by atoms with Crippen molar-refractivity contribution in [3.05, 3.63) is 44.3 Å². The molecule has 0 radical (unpaired) electrons. The van der Waals surface area contributed by atoms with Gasteiger partial charge in [0.1, 0.15) is 5.01 Å². The molecule has 2 rings (SSSR count). The van der Waals surface area contributed by atoms with Crippen LogP contribution in [0.2, 0.25) is 10.0 Å². The zero-order chi connectivity index (χ0) is 13.8. The first-order valence-electron chi connectivity index (χ1n) is 5.98. The van der Waals surface area contributed by atoms with E-state index in [9.17, 15) is 0 Å². The van der Waals surface area contributed by atoms with Crippen molar-refractivity contribution in [3.8, 4) is 0 Å². The average molecular weight is 316 g/mol. The summed E-state index contributed by atoms with van der Waals surface area (Å²) in [7, 11) is 0. The first-order valence-corrected chi connectivity index (χ1v) is 7.61. The van der Waals surface area contributed by atoms with Gasteiger partial charge in [-0.15, -0.1) is 11.3 Å². The molecule has 0 aliphatic rings. The third-order valence-electron chi connectivity index (χ3n) is 2.85. The Morgan fingerprint density at radius 1 is 1.37 bits per heavy atom. The minimum Gasteiger partial charge on any atom is -0.396 e. The maximum atomic E-state index is 6.02. The van der Waals surface area contributed by atoms with Crippen LogP contribution in [0.1, 0.15) is 30.0 Å². The van der Waals surface area contributed by atoms with Crippen molar-refractivity contribution < 1.29 is 0 Å². The summed E-state index contributed by atoms with van der Waals surface area (Å²) >= 11 is 13.7. The van der Waals surface area contributed by atoms with Crippen molar-refractivity contribution in [2.75, 3.05) is 5.73 Å². The Bertz CT molecular complexity index is 520. The Labute approximate surface area is 126 Å². The number of thiazole rings is 1. The molecular formula is C13H15Cl2N3S. The van der Waals surface area contributed by atoms with Gasteiger partial charge in [0.25, 0.3) is 0 Å². The minimum atomic E-state index is 0.245. The lowest BCUT2D eigenvalue weighted by molar-refractivity contribution is 0.517. The summed E-state index contributed by atoms with van der Waals surface area (Å²) in [6.45, 7) is 2.81.